The highest BCUT2D eigenvalue weighted by molar-refractivity contribution is 6.37. The number of amides is 1. The first kappa shape index (κ1) is 28.0. The van der Waals surface area contributed by atoms with Gasteiger partial charge >= 0.3 is 12.1 Å². The Hall–Kier alpha value is -3.62. The van der Waals surface area contributed by atoms with Gasteiger partial charge in [-0.25, -0.2) is 4.79 Å². The van der Waals surface area contributed by atoms with Crippen LogP contribution in [0.2, 0.25) is 10.0 Å². The van der Waals surface area contributed by atoms with Crippen molar-refractivity contribution < 1.29 is 33.3 Å². The SMILES string of the molecule is CCOC(=O)CN(C(=O)Oc1ccc(OC)cc1)c1cc(Cl)c(Oc2ccc(OC)c(CC)c2)c(Cl)c1. The summed E-state index contributed by atoms with van der Waals surface area (Å²) in [4.78, 5) is 26.4. The van der Waals surface area contributed by atoms with Gasteiger partial charge in [0, 0.05) is 0 Å². The van der Waals surface area contributed by atoms with Gasteiger partial charge in [-0.3, -0.25) is 9.69 Å². The van der Waals surface area contributed by atoms with E-state index in [0.717, 1.165) is 22.6 Å². The fraction of sp³-hybridized carbons (Fsp3) is 0.259. The Morgan fingerprint density at radius 1 is 0.838 bits per heavy atom. The van der Waals surface area contributed by atoms with Gasteiger partial charge in [-0.15, -0.1) is 0 Å². The maximum absolute atomic E-state index is 13.1. The first-order valence-corrected chi connectivity index (χ1v) is 12.2. The van der Waals surface area contributed by atoms with Crippen LogP contribution in [0.25, 0.3) is 0 Å². The van der Waals surface area contributed by atoms with E-state index < -0.39 is 18.6 Å². The van der Waals surface area contributed by atoms with E-state index in [1.165, 1.54) is 19.2 Å². The van der Waals surface area contributed by atoms with E-state index in [9.17, 15) is 9.59 Å². The lowest BCUT2D eigenvalue weighted by Gasteiger charge is -2.22. The number of benzene rings is 3. The standard InChI is InChI=1S/C27H27Cl2NO7/c1-5-17-13-21(11-12-24(17)34-4)36-26-22(28)14-18(15-23(26)29)30(16-25(31)35-6-2)27(32)37-20-9-7-19(33-3)8-10-20/h7-15H,5-6,16H2,1-4H3. The van der Waals surface area contributed by atoms with Crippen LogP contribution in [-0.4, -0.2) is 39.4 Å². The molecule has 3 aromatic rings. The zero-order valence-corrected chi connectivity index (χ0v) is 22.4. The van der Waals surface area contributed by atoms with Crippen LogP contribution in [-0.2, 0) is 16.0 Å². The second-order valence-corrected chi connectivity index (χ2v) is 8.42. The Morgan fingerprint density at radius 2 is 1.46 bits per heavy atom. The molecule has 0 aromatic heterocycles. The molecular weight excluding hydrogens is 521 g/mol. The highest BCUT2D eigenvalue weighted by Gasteiger charge is 2.25. The van der Waals surface area contributed by atoms with Gasteiger partial charge in [-0.05, 0) is 73.5 Å². The normalized spacial score (nSPS) is 10.4. The third-order valence-corrected chi connectivity index (χ3v) is 5.79. The number of aryl methyl sites for hydroxylation is 1. The number of carbonyl (C=O) groups is 2. The Morgan fingerprint density at radius 3 is 2.03 bits per heavy atom. The fourth-order valence-electron chi connectivity index (χ4n) is 3.41. The summed E-state index contributed by atoms with van der Waals surface area (Å²) in [6, 6.07) is 14.7. The molecule has 0 aliphatic rings. The number of ether oxygens (including phenoxy) is 5. The molecular formula is C27H27Cl2NO7. The van der Waals surface area contributed by atoms with Crippen molar-refractivity contribution in [3.63, 3.8) is 0 Å². The third kappa shape index (κ3) is 7.21. The molecule has 1 amide bonds. The van der Waals surface area contributed by atoms with Crippen molar-refractivity contribution >= 4 is 41.0 Å². The van der Waals surface area contributed by atoms with Crippen molar-refractivity contribution in [1.82, 2.24) is 0 Å². The molecule has 0 N–H and O–H groups in total. The number of nitrogens with zero attached hydrogens (tertiary/aromatic N) is 1. The molecule has 0 bridgehead atoms. The minimum atomic E-state index is -0.832. The van der Waals surface area contributed by atoms with Gasteiger partial charge in [0.05, 0.1) is 36.6 Å². The average Bonchev–Trinajstić information content (AvgIpc) is 2.89. The number of rotatable bonds is 10. The van der Waals surface area contributed by atoms with E-state index in [0.29, 0.717) is 11.5 Å². The number of esters is 1. The molecule has 0 heterocycles. The summed E-state index contributed by atoms with van der Waals surface area (Å²) in [5.41, 5.74) is 1.17. The van der Waals surface area contributed by atoms with E-state index in [2.05, 4.69) is 0 Å². The number of halogens is 2. The summed E-state index contributed by atoms with van der Waals surface area (Å²) in [6.45, 7) is 3.39. The number of anilines is 1. The zero-order chi connectivity index (χ0) is 26.9. The van der Waals surface area contributed by atoms with Gasteiger partial charge in [0.15, 0.2) is 5.75 Å². The fourth-order valence-corrected chi connectivity index (χ4v) is 3.96. The predicted molar refractivity (Wildman–Crippen MR) is 142 cm³/mol. The summed E-state index contributed by atoms with van der Waals surface area (Å²) in [5, 5.41) is 0.255. The van der Waals surface area contributed by atoms with Crippen LogP contribution in [0, 0.1) is 0 Å². The number of carbonyl (C=O) groups excluding carboxylic acids is 2. The van der Waals surface area contributed by atoms with Gasteiger partial charge in [0.2, 0.25) is 0 Å². The molecule has 0 saturated carbocycles. The van der Waals surface area contributed by atoms with Crippen molar-refractivity contribution in [2.24, 2.45) is 0 Å². The zero-order valence-electron chi connectivity index (χ0n) is 20.9. The topological polar surface area (TPSA) is 83.5 Å². The minimum absolute atomic E-state index is 0.127. The van der Waals surface area contributed by atoms with E-state index >= 15 is 0 Å². The quantitative estimate of drug-likeness (QED) is 0.254. The second-order valence-electron chi connectivity index (χ2n) is 7.60. The summed E-state index contributed by atoms with van der Waals surface area (Å²) < 4.78 is 26.9. The molecule has 3 aromatic carbocycles. The molecule has 0 aliphatic carbocycles. The lowest BCUT2D eigenvalue weighted by atomic mass is 10.1. The summed E-state index contributed by atoms with van der Waals surface area (Å²) >= 11 is 13.0. The van der Waals surface area contributed by atoms with Crippen LogP contribution in [0.5, 0.6) is 28.7 Å². The molecule has 0 fully saturated rings. The molecule has 0 unspecified atom stereocenters. The summed E-state index contributed by atoms with van der Waals surface area (Å²) in [5.74, 6) is 1.66. The van der Waals surface area contributed by atoms with Gasteiger partial charge in [0.25, 0.3) is 0 Å². The first-order chi connectivity index (χ1) is 17.8. The van der Waals surface area contributed by atoms with Crippen molar-refractivity contribution in [1.29, 1.82) is 0 Å². The van der Waals surface area contributed by atoms with E-state index in [1.807, 2.05) is 13.0 Å². The monoisotopic (exact) mass is 547 g/mol. The summed E-state index contributed by atoms with van der Waals surface area (Å²) in [6.07, 6.45) is -0.0957. The van der Waals surface area contributed by atoms with Crippen LogP contribution in [0.1, 0.15) is 19.4 Å². The van der Waals surface area contributed by atoms with Gasteiger partial charge in [-0.2, -0.15) is 0 Å². The molecule has 0 saturated heterocycles. The second kappa shape index (κ2) is 13.1. The van der Waals surface area contributed by atoms with Crippen LogP contribution in [0.15, 0.2) is 54.6 Å². The number of methoxy groups -OCH3 is 2. The Labute approximate surface area is 225 Å². The molecule has 0 spiro atoms. The van der Waals surface area contributed by atoms with Crippen molar-refractivity contribution in [2.45, 2.75) is 20.3 Å². The lowest BCUT2D eigenvalue weighted by molar-refractivity contribution is -0.141. The lowest BCUT2D eigenvalue weighted by Crippen LogP contribution is -2.38. The van der Waals surface area contributed by atoms with E-state index in [4.69, 9.17) is 46.9 Å². The molecule has 3 rings (SSSR count). The smallest absolute Gasteiger partial charge is 0.420 e. The maximum Gasteiger partial charge on any atom is 0.420 e. The van der Waals surface area contributed by atoms with Crippen LogP contribution >= 0.6 is 23.2 Å². The third-order valence-electron chi connectivity index (χ3n) is 5.22. The molecule has 196 valence electrons. The van der Waals surface area contributed by atoms with E-state index in [1.54, 1.807) is 50.4 Å². The van der Waals surface area contributed by atoms with Crippen molar-refractivity contribution in [2.75, 3.05) is 32.3 Å². The minimum Gasteiger partial charge on any atom is -0.497 e. The largest absolute Gasteiger partial charge is 0.497 e. The molecule has 10 heteroatoms. The summed E-state index contributed by atoms with van der Waals surface area (Å²) in [7, 11) is 3.13. The first-order valence-electron chi connectivity index (χ1n) is 11.4. The van der Waals surface area contributed by atoms with Crippen molar-refractivity contribution in [3.8, 4) is 28.7 Å². The Balaban J connectivity index is 1.90. The van der Waals surface area contributed by atoms with Crippen molar-refractivity contribution in [3.05, 3.63) is 70.2 Å². The number of hydrogen-bond donors (Lipinski definition) is 0. The molecule has 0 atom stereocenters. The van der Waals surface area contributed by atoms with Gasteiger partial charge in [0.1, 0.15) is 29.5 Å². The number of hydrogen-bond acceptors (Lipinski definition) is 7. The molecule has 0 aliphatic heterocycles. The van der Waals surface area contributed by atoms with E-state index in [-0.39, 0.29) is 33.8 Å². The van der Waals surface area contributed by atoms with Crippen LogP contribution in [0.3, 0.4) is 0 Å². The van der Waals surface area contributed by atoms with Crippen LogP contribution < -0.4 is 23.8 Å². The maximum atomic E-state index is 13.1. The predicted octanol–water partition coefficient (Wildman–Crippen LogP) is 6.93. The molecule has 0 radical (unpaired) electrons. The molecule has 8 nitrogen and oxygen atoms in total. The highest BCUT2D eigenvalue weighted by atomic mass is 35.5. The Bertz CT molecular complexity index is 1220. The highest BCUT2D eigenvalue weighted by Crippen LogP contribution is 2.41. The van der Waals surface area contributed by atoms with Crippen LogP contribution in [0.4, 0.5) is 10.5 Å². The Kier molecular flexibility index (Phi) is 9.88. The van der Waals surface area contributed by atoms with Gasteiger partial charge < -0.3 is 23.7 Å². The van der Waals surface area contributed by atoms with Gasteiger partial charge in [-0.1, -0.05) is 30.1 Å². The average molecular weight is 548 g/mol. The molecule has 37 heavy (non-hydrogen) atoms.